The molecular formula is C12H18N2O3. The van der Waals surface area contributed by atoms with Crippen molar-refractivity contribution in [3.63, 3.8) is 0 Å². The van der Waals surface area contributed by atoms with Gasteiger partial charge in [0.15, 0.2) is 0 Å². The van der Waals surface area contributed by atoms with Crippen LogP contribution in [-0.4, -0.2) is 36.5 Å². The fourth-order valence-corrected chi connectivity index (χ4v) is 2.10. The van der Waals surface area contributed by atoms with Crippen molar-refractivity contribution in [3.8, 4) is 6.07 Å². The van der Waals surface area contributed by atoms with Crippen LogP contribution in [0, 0.1) is 17.2 Å². The van der Waals surface area contributed by atoms with Gasteiger partial charge in [0.05, 0.1) is 13.2 Å². The minimum Gasteiger partial charge on any atom is -0.467 e. The zero-order valence-electron chi connectivity index (χ0n) is 10.3. The molecule has 5 heteroatoms. The Kier molecular flexibility index (Phi) is 4.95. The number of carbonyl (C=O) groups is 2. The molecule has 1 amide bonds. The molecule has 0 aromatic rings. The minimum atomic E-state index is -0.653. The molecule has 1 saturated heterocycles. The van der Waals surface area contributed by atoms with E-state index in [2.05, 4.69) is 0 Å². The molecule has 2 atom stereocenters. The number of likely N-dealkylation sites (tertiary alicyclic amines) is 1. The quantitative estimate of drug-likeness (QED) is 0.690. The molecule has 94 valence electrons. The Morgan fingerprint density at radius 1 is 1.53 bits per heavy atom. The molecule has 0 N–H and O–H groups in total. The summed E-state index contributed by atoms with van der Waals surface area (Å²) in [7, 11) is 1.32. The molecule has 5 nitrogen and oxygen atoms in total. The van der Waals surface area contributed by atoms with Crippen LogP contribution in [-0.2, 0) is 14.3 Å². The fourth-order valence-electron chi connectivity index (χ4n) is 2.10. The van der Waals surface area contributed by atoms with E-state index in [9.17, 15) is 9.59 Å². The lowest BCUT2D eigenvalue weighted by molar-refractivity contribution is -0.155. The molecule has 0 aromatic heterocycles. The topological polar surface area (TPSA) is 70.4 Å². The van der Waals surface area contributed by atoms with Gasteiger partial charge in [0.1, 0.15) is 12.0 Å². The van der Waals surface area contributed by atoms with E-state index in [1.807, 2.05) is 6.07 Å². The van der Waals surface area contributed by atoms with Crippen molar-refractivity contribution < 1.29 is 14.3 Å². The lowest BCUT2D eigenvalue weighted by Crippen LogP contribution is -2.50. The van der Waals surface area contributed by atoms with Crippen LogP contribution in [0.4, 0.5) is 0 Å². The second kappa shape index (κ2) is 6.24. The molecule has 1 heterocycles. The Hall–Kier alpha value is -1.57. The van der Waals surface area contributed by atoms with E-state index in [0.717, 1.165) is 12.8 Å². The van der Waals surface area contributed by atoms with Crippen molar-refractivity contribution in [2.75, 3.05) is 13.7 Å². The molecule has 0 radical (unpaired) electrons. The molecule has 1 aliphatic rings. The fraction of sp³-hybridized carbons (Fsp3) is 0.750. The van der Waals surface area contributed by atoms with Crippen molar-refractivity contribution in [1.29, 1.82) is 5.26 Å². The Labute approximate surface area is 101 Å². The Balaban J connectivity index is 2.81. The number of hydrogen-bond donors (Lipinski definition) is 0. The molecule has 0 bridgehead atoms. The maximum atomic E-state index is 12.1. The molecule has 0 aromatic carbocycles. The number of hydrogen-bond acceptors (Lipinski definition) is 4. The summed E-state index contributed by atoms with van der Waals surface area (Å²) in [5, 5.41) is 8.90. The van der Waals surface area contributed by atoms with Crippen LogP contribution in [0.1, 0.15) is 32.6 Å². The number of ether oxygens (including phenoxy) is 1. The van der Waals surface area contributed by atoms with E-state index in [1.54, 1.807) is 6.92 Å². The molecule has 1 rings (SSSR count). The van der Waals surface area contributed by atoms with E-state index >= 15 is 0 Å². The first-order valence-corrected chi connectivity index (χ1v) is 5.93. The van der Waals surface area contributed by atoms with Crippen LogP contribution >= 0.6 is 0 Å². The van der Waals surface area contributed by atoms with Gasteiger partial charge in [-0.3, -0.25) is 4.79 Å². The predicted molar refractivity (Wildman–Crippen MR) is 60.8 cm³/mol. The second-order valence-electron chi connectivity index (χ2n) is 4.16. The number of esters is 1. The first-order valence-electron chi connectivity index (χ1n) is 5.93. The minimum absolute atomic E-state index is 0.245. The van der Waals surface area contributed by atoms with E-state index in [-0.39, 0.29) is 11.9 Å². The van der Waals surface area contributed by atoms with Gasteiger partial charge in [-0.25, -0.2) is 4.79 Å². The highest BCUT2D eigenvalue weighted by Gasteiger charge is 2.35. The van der Waals surface area contributed by atoms with Gasteiger partial charge in [-0.1, -0.05) is 6.92 Å². The van der Waals surface area contributed by atoms with Gasteiger partial charge in [-0.2, -0.15) is 5.26 Å². The lowest BCUT2D eigenvalue weighted by atomic mass is 9.98. The third-order valence-electron chi connectivity index (χ3n) is 3.12. The molecule has 0 saturated carbocycles. The molecule has 1 aliphatic heterocycles. The number of nitrogens with zero attached hydrogens (tertiary/aromatic N) is 2. The summed E-state index contributed by atoms with van der Waals surface area (Å²) >= 11 is 0. The van der Waals surface area contributed by atoms with E-state index in [4.69, 9.17) is 10.00 Å². The number of methoxy groups -OCH3 is 1. The largest absolute Gasteiger partial charge is 0.467 e. The molecule has 0 spiro atoms. The van der Waals surface area contributed by atoms with Gasteiger partial charge in [-0.15, -0.1) is 0 Å². The first-order chi connectivity index (χ1) is 8.15. The highest BCUT2D eigenvalue weighted by molar-refractivity contribution is 5.87. The van der Waals surface area contributed by atoms with Crippen LogP contribution in [0.3, 0.4) is 0 Å². The van der Waals surface area contributed by atoms with Gasteiger partial charge in [0.2, 0.25) is 5.91 Å². The summed E-state index contributed by atoms with van der Waals surface area (Å²) in [4.78, 5) is 25.2. The maximum absolute atomic E-state index is 12.1. The van der Waals surface area contributed by atoms with Crippen molar-refractivity contribution >= 4 is 11.9 Å². The van der Waals surface area contributed by atoms with E-state index in [0.29, 0.717) is 19.4 Å². The van der Waals surface area contributed by atoms with Crippen LogP contribution in [0.15, 0.2) is 0 Å². The van der Waals surface area contributed by atoms with Gasteiger partial charge in [-0.05, 0) is 25.7 Å². The smallest absolute Gasteiger partial charge is 0.328 e. The Morgan fingerprint density at radius 3 is 2.76 bits per heavy atom. The number of carbonyl (C=O) groups excluding carboxylic acids is 2. The zero-order valence-corrected chi connectivity index (χ0v) is 10.3. The maximum Gasteiger partial charge on any atom is 0.328 e. The first kappa shape index (κ1) is 13.5. The summed E-state index contributed by atoms with van der Waals surface area (Å²) in [5.41, 5.74) is 0. The molecular weight excluding hydrogens is 220 g/mol. The van der Waals surface area contributed by atoms with Crippen molar-refractivity contribution in [3.05, 3.63) is 0 Å². The summed E-state index contributed by atoms with van der Waals surface area (Å²) in [6, 6.07) is 1.47. The Morgan fingerprint density at radius 2 is 2.24 bits per heavy atom. The summed E-state index contributed by atoms with van der Waals surface area (Å²) < 4.78 is 4.70. The highest BCUT2D eigenvalue weighted by atomic mass is 16.5. The van der Waals surface area contributed by atoms with Gasteiger partial charge in [0, 0.05) is 6.54 Å². The van der Waals surface area contributed by atoms with Crippen molar-refractivity contribution in [1.82, 2.24) is 4.90 Å². The SMILES string of the molecule is CCC(C#N)C(=O)N1CCCCC1C(=O)OC. The molecule has 2 unspecified atom stereocenters. The summed E-state index contributed by atoms with van der Waals surface area (Å²) in [5.74, 6) is -1.28. The standard InChI is InChI=1S/C12H18N2O3/c1-3-9(8-13)11(15)14-7-5-4-6-10(14)12(16)17-2/h9-10H,3-7H2,1-2H3. The van der Waals surface area contributed by atoms with Gasteiger partial charge >= 0.3 is 5.97 Å². The molecule has 17 heavy (non-hydrogen) atoms. The van der Waals surface area contributed by atoms with E-state index in [1.165, 1.54) is 12.0 Å². The van der Waals surface area contributed by atoms with Crippen molar-refractivity contribution in [2.24, 2.45) is 5.92 Å². The average Bonchev–Trinajstić information content (AvgIpc) is 2.39. The lowest BCUT2D eigenvalue weighted by Gasteiger charge is -2.34. The van der Waals surface area contributed by atoms with Crippen LogP contribution < -0.4 is 0 Å². The number of amides is 1. The number of piperidine rings is 1. The monoisotopic (exact) mass is 238 g/mol. The van der Waals surface area contributed by atoms with Gasteiger partial charge in [0.25, 0.3) is 0 Å². The van der Waals surface area contributed by atoms with Crippen LogP contribution in [0.25, 0.3) is 0 Å². The van der Waals surface area contributed by atoms with Gasteiger partial charge < -0.3 is 9.64 Å². The average molecular weight is 238 g/mol. The third-order valence-corrected chi connectivity index (χ3v) is 3.12. The van der Waals surface area contributed by atoms with Crippen LogP contribution in [0.2, 0.25) is 0 Å². The normalized spacial score (nSPS) is 21.5. The third kappa shape index (κ3) is 2.96. The highest BCUT2D eigenvalue weighted by Crippen LogP contribution is 2.21. The zero-order chi connectivity index (χ0) is 12.8. The second-order valence-corrected chi connectivity index (χ2v) is 4.16. The molecule has 1 fully saturated rings. The molecule has 0 aliphatic carbocycles. The summed E-state index contributed by atoms with van der Waals surface area (Å²) in [6.45, 7) is 2.33. The summed E-state index contributed by atoms with van der Waals surface area (Å²) in [6.07, 6.45) is 2.88. The number of nitriles is 1. The van der Waals surface area contributed by atoms with Crippen LogP contribution in [0.5, 0.6) is 0 Å². The van der Waals surface area contributed by atoms with E-state index < -0.39 is 12.0 Å². The predicted octanol–water partition coefficient (Wildman–Crippen LogP) is 1.09. The van der Waals surface area contributed by atoms with Crippen molar-refractivity contribution in [2.45, 2.75) is 38.6 Å². The Bertz CT molecular complexity index is 335. The number of rotatable bonds is 3.